The number of ether oxygens (including phenoxy) is 1. The van der Waals surface area contributed by atoms with Crippen molar-refractivity contribution in [3.63, 3.8) is 0 Å². The van der Waals surface area contributed by atoms with Gasteiger partial charge in [-0.05, 0) is 7.05 Å². The van der Waals surface area contributed by atoms with Crippen LogP contribution < -0.4 is 10.1 Å². The Kier molecular flexibility index (Phi) is 2.46. The van der Waals surface area contributed by atoms with E-state index in [4.69, 9.17) is 4.74 Å². The summed E-state index contributed by atoms with van der Waals surface area (Å²) in [5.74, 6) is 0.866. The quantitative estimate of drug-likeness (QED) is 0.812. The van der Waals surface area contributed by atoms with Gasteiger partial charge < -0.3 is 10.1 Å². The molecule has 0 spiro atoms. The highest BCUT2D eigenvalue weighted by Crippen LogP contribution is 2.42. The molecule has 0 radical (unpaired) electrons. The summed E-state index contributed by atoms with van der Waals surface area (Å²) in [5.41, 5.74) is 0.199. The molecule has 1 N–H and O–H groups in total. The first-order chi connectivity index (χ1) is 7.04. The van der Waals surface area contributed by atoms with Crippen LogP contribution in [0.3, 0.4) is 0 Å². The van der Waals surface area contributed by atoms with Crippen molar-refractivity contribution in [1.29, 1.82) is 0 Å². The van der Waals surface area contributed by atoms with Gasteiger partial charge in [0, 0.05) is 24.9 Å². The van der Waals surface area contributed by atoms with Crippen molar-refractivity contribution in [2.75, 3.05) is 7.05 Å². The van der Waals surface area contributed by atoms with Gasteiger partial charge >= 0.3 is 0 Å². The number of hydrogen-bond acceptors (Lipinski definition) is 3. The topological polar surface area (TPSA) is 39.1 Å². The molecular weight excluding hydrogens is 190 g/mol. The van der Waals surface area contributed by atoms with Gasteiger partial charge in [-0.15, -0.1) is 0 Å². The largest absolute Gasteiger partial charge is 0.486 e. The van der Waals surface area contributed by atoms with Crippen LogP contribution in [0, 0.1) is 5.41 Å². The molecule has 4 nitrogen and oxygen atoms in total. The standard InChI is InChI=1S/C11H19N3O/c1-11(2)9(12-3)5-10(11)15-8-6-13-14(4)7-8/h6-7,9-10,12H,5H2,1-4H3. The molecule has 1 aliphatic rings. The fourth-order valence-corrected chi connectivity index (χ4v) is 2.20. The molecule has 0 saturated heterocycles. The minimum Gasteiger partial charge on any atom is -0.486 e. The van der Waals surface area contributed by atoms with E-state index in [0.717, 1.165) is 12.2 Å². The van der Waals surface area contributed by atoms with E-state index in [0.29, 0.717) is 12.1 Å². The highest BCUT2D eigenvalue weighted by Gasteiger charge is 2.49. The lowest BCUT2D eigenvalue weighted by atomic mass is 9.64. The number of aromatic nitrogens is 2. The normalized spacial score (nSPS) is 28.5. The van der Waals surface area contributed by atoms with Crippen LogP contribution in [-0.2, 0) is 7.05 Å². The van der Waals surface area contributed by atoms with Gasteiger partial charge in [-0.25, -0.2) is 0 Å². The van der Waals surface area contributed by atoms with Crippen LogP contribution in [0.5, 0.6) is 5.75 Å². The van der Waals surface area contributed by atoms with Crippen LogP contribution in [0.2, 0.25) is 0 Å². The van der Waals surface area contributed by atoms with Crippen molar-refractivity contribution in [2.45, 2.75) is 32.4 Å². The Morgan fingerprint density at radius 3 is 2.80 bits per heavy atom. The zero-order valence-electron chi connectivity index (χ0n) is 9.82. The molecule has 1 heterocycles. The van der Waals surface area contributed by atoms with Gasteiger partial charge in [-0.3, -0.25) is 4.68 Å². The minimum atomic E-state index is 0.199. The zero-order valence-corrected chi connectivity index (χ0v) is 9.82. The van der Waals surface area contributed by atoms with Crippen LogP contribution in [-0.4, -0.2) is 29.0 Å². The Balaban J connectivity index is 1.98. The SMILES string of the molecule is CNC1CC(Oc2cnn(C)c2)C1(C)C. The van der Waals surface area contributed by atoms with Gasteiger partial charge in [0.2, 0.25) is 0 Å². The molecule has 4 heteroatoms. The Morgan fingerprint density at radius 1 is 1.60 bits per heavy atom. The number of rotatable bonds is 3. The molecule has 1 aromatic heterocycles. The molecule has 2 atom stereocenters. The molecular formula is C11H19N3O. The first-order valence-corrected chi connectivity index (χ1v) is 5.36. The molecule has 1 aromatic rings. The summed E-state index contributed by atoms with van der Waals surface area (Å²) < 4.78 is 7.66. The maximum atomic E-state index is 5.90. The highest BCUT2D eigenvalue weighted by atomic mass is 16.5. The van der Waals surface area contributed by atoms with E-state index in [9.17, 15) is 0 Å². The molecule has 2 rings (SSSR count). The lowest BCUT2D eigenvalue weighted by molar-refractivity contribution is -0.0521. The number of aryl methyl sites for hydroxylation is 1. The van der Waals surface area contributed by atoms with Gasteiger partial charge in [-0.1, -0.05) is 13.8 Å². The van der Waals surface area contributed by atoms with Gasteiger partial charge in [0.1, 0.15) is 6.10 Å². The van der Waals surface area contributed by atoms with E-state index in [1.54, 1.807) is 10.9 Å². The molecule has 2 unspecified atom stereocenters. The Labute approximate surface area is 90.6 Å². The fourth-order valence-electron chi connectivity index (χ4n) is 2.20. The summed E-state index contributed by atoms with van der Waals surface area (Å²) in [4.78, 5) is 0. The molecule has 15 heavy (non-hydrogen) atoms. The molecule has 0 bridgehead atoms. The summed E-state index contributed by atoms with van der Waals surface area (Å²) in [6.45, 7) is 4.47. The van der Waals surface area contributed by atoms with Crippen LogP contribution in [0.25, 0.3) is 0 Å². The molecule has 1 aliphatic carbocycles. The van der Waals surface area contributed by atoms with Crippen molar-refractivity contribution >= 4 is 0 Å². The maximum Gasteiger partial charge on any atom is 0.157 e. The van der Waals surface area contributed by atoms with Gasteiger partial charge in [0.15, 0.2) is 5.75 Å². The summed E-state index contributed by atoms with van der Waals surface area (Å²) in [6, 6.07) is 0.555. The Hall–Kier alpha value is -1.03. The smallest absolute Gasteiger partial charge is 0.157 e. The van der Waals surface area contributed by atoms with Crippen molar-refractivity contribution in [3.05, 3.63) is 12.4 Å². The third kappa shape index (κ3) is 1.74. The second-order valence-electron chi connectivity index (χ2n) is 4.85. The average molecular weight is 209 g/mol. The van der Waals surface area contributed by atoms with Crippen molar-refractivity contribution in [3.8, 4) is 5.75 Å². The summed E-state index contributed by atoms with van der Waals surface area (Å²) in [5, 5.41) is 7.40. The first-order valence-electron chi connectivity index (χ1n) is 5.36. The highest BCUT2D eigenvalue weighted by molar-refractivity contribution is 5.15. The lowest BCUT2D eigenvalue weighted by Gasteiger charge is -2.51. The molecule has 84 valence electrons. The van der Waals surface area contributed by atoms with E-state index in [1.165, 1.54) is 0 Å². The zero-order chi connectivity index (χ0) is 11.1. The van der Waals surface area contributed by atoms with Gasteiger partial charge in [0.25, 0.3) is 0 Å². The average Bonchev–Trinajstić information content (AvgIpc) is 2.58. The summed E-state index contributed by atoms with van der Waals surface area (Å²) >= 11 is 0. The van der Waals surface area contributed by atoms with E-state index in [2.05, 4.69) is 24.3 Å². The molecule has 0 amide bonds. The predicted octanol–water partition coefficient (Wildman–Crippen LogP) is 1.19. The van der Waals surface area contributed by atoms with E-state index in [-0.39, 0.29) is 5.41 Å². The molecule has 0 aliphatic heterocycles. The fraction of sp³-hybridized carbons (Fsp3) is 0.727. The third-order valence-corrected chi connectivity index (χ3v) is 3.49. The van der Waals surface area contributed by atoms with E-state index < -0.39 is 0 Å². The molecule has 0 aromatic carbocycles. The van der Waals surface area contributed by atoms with Crippen LogP contribution in [0.15, 0.2) is 12.4 Å². The Bertz CT molecular complexity index is 345. The van der Waals surface area contributed by atoms with Crippen LogP contribution >= 0.6 is 0 Å². The van der Waals surface area contributed by atoms with Gasteiger partial charge in [-0.2, -0.15) is 5.10 Å². The lowest BCUT2D eigenvalue weighted by Crippen LogP contribution is -2.61. The van der Waals surface area contributed by atoms with Gasteiger partial charge in [0.05, 0.1) is 12.4 Å². The second kappa shape index (κ2) is 3.52. The van der Waals surface area contributed by atoms with Crippen LogP contribution in [0.4, 0.5) is 0 Å². The van der Waals surface area contributed by atoms with E-state index in [1.807, 2.05) is 20.3 Å². The van der Waals surface area contributed by atoms with Crippen LogP contribution in [0.1, 0.15) is 20.3 Å². The van der Waals surface area contributed by atoms with Crippen molar-refractivity contribution in [2.24, 2.45) is 12.5 Å². The molecule has 1 fully saturated rings. The number of nitrogens with zero attached hydrogens (tertiary/aromatic N) is 2. The van der Waals surface area contributed by atoms with Crippen molar-refractivity contribution in [1.82, 2.24) is 15.1 Å². The Morgan fingerprint density at radius 2 is 2.33 bits per heavy atom. The molecule has 1 saturated carbocycles. The van der Waals surface area contributed by atoms with Crippen molar-refractivity contribution < 1.29 is 4.74 Å². The maximum absolute atomic E-state index is 5.90. The second-order valence-corrected chi connectivity index (χ2v) is 4.85. The summed E-state index contributed by atoms with van der Waals surface area (Å²) in [6.07, 6.45) is 5.03. The summed E-state index contributed by atoms with van der Waals surface area (Å²) in [7, 11) is 3.90. The first kappa shape index (κ1) is 10.5. The number of hydrogen-bond donors (Lipinski definition) is 1. The third-order valence-electron chi connectivity index (χ3n) is 3.49. The van der Waals surface area contributed by atoms with E-state index >= 15 is 0 Å². The minimum absolute atomic E-state index is 0.199. The number of nitrogens with one attached hydrogen (secondary N) is 1. The predicted molar refractivity (Wildman–Crippen MR) is 58.9 cm³/mol. The monoisotopic (exact) mass is 209 g/mol.